The van der Waals surface area contributed by atoms with Crippen molar-refractivity contribution >= 4 is 0 Å². The molecule has 2 rings (SSSR count). The third-order valence-electron chi connectivity index (χ3n) is 3.86. The molecule has 1 aliphatic rings. The van der Waals surface area contributed by atoms with Gasteiger partial charge < -0.3 is 5.32 Å². The number of hydrogen-bond donors (Lipinski definition) is 1. The normalized spacial score (nSPS) is 17.6. The van der Waals surface area contributed by atoms with Gasteiger partial charge in [-0.3, -0.25) is 0 Å². The lowest BCUT2D eigenvalue weighted by Crippen LogP contribution is -2.29. The van der Waals surface area contributed by atoms with Gasteiger partial charge in [-0.1, -0.05) is 25.8 Å². The Labute approximate surface area is 108 Å². The Hall–Kier alpha value is -1.40. The smallest absolute Gasteiger partial charge is 0.129 e. The molecule has 96 valence electrons. The van der Waals surface area contributed by atoms with Crippen molar-refractivity contribution in [3.05, 3.63) is 35.1 Å². The fourth-order valence-electron chi connectivity index (χ4n) is 2.66. The summed E-state index contributed by atoms with van der Waals surface area (Å²) < 4.78 is 13.6. The van der Waals surface area contributed by atoms with Crippen molar-refractivity contribution in [2.75, 3.05) is 6.54 Å². The van der Waals surface area contributed by atoms with E-state index in [1.54, 1.807) is 12.1 Å². The van der Waals surface area contributed by atoms with Crippen LogP contribution in [0.1, 0.15) is 43.7 Å². The van der Waals surface area contributed by atoms with Crippen LogP contribution in [0.3, 0.4) is 0 Å². The average Bonchev–Trinajstić information content (AvgIpc) is 2.78. The minimum absolute atomic E-state index is 0.293. The van der Waals surface area contributed by atoms with Gasteiger partial charge in [-0.05, 0) is 30.4 Å². The SMILES string of the molecule is CC1(CNCc2ccc(C#N)cc2F)CCCC1. The summed E-state index contributed by atoms with van der Waals surface area (Å²) in [4.78, 5) is 0. The van der Waals surface area contributed by atoms with Crippen LogP contribution in [0.25, 0.3) is 0 Å². The molecular formula is C15H19FN2. The molecule has 0 spiro atoms. The molecule has 0 radical (unpaired) electrons. The molecule has 0 bridgehead atoms. The van der Waals surface area contributed by atoms with Crippen LogP contribution in [0.2, 0.25) is 0 Å². The van der Waals surface area contributed by atoms with Crippen molar-refractivity contribution in [2.45, 2.75) is 39.2 Å². The first kappa shape index (κ1) is 13.0. The van der Waals surface area contributed by atoms with Crippen molar-refractivity contribution < 1.29 is 4.39 Å². The Balaban J connectivity index is 1.89. The predicted molar refractivity (Wildman–Crippen MR) is 69.4 cm³/mol. The molecule has 0 aromatic heterocycles. The zero-order chi connectivity index (χ0) is 13.0. The second kappa shape index (κ2) is 5.49. The third-order valence-corrected chi connectivity index (χ3v) is 3.86. The van der Waals surface area contributed by atoms with Gasteiger partial charge in [-0.15, -0.1) is 0 Å². The molecule has 0 amide bonds. The molecule has 0 aliphatic heterocycles. The number of rotatable bonds is 4. The van der Waals surface area contributed by atoms with E-state index < -0.39 is 0 Å². The second-order valence-electron chi connectivity index (χ2n) is 5.54. The first-order chi connectivity index (χ1) is 8.63. The van der Waals surface area contributed by atoms with Gasteiger partial charge in [0.15, 0.2) is 0 Å². The van der Waals surface area contributed by atoms with Crippen LogP contribution in [0.4, 0.5) is 4.39 Å². The van der Waals surface area contributed by atoms with Crippen molar-refractivity contribution in [3.8, 4) is 6.07 Å². The number of nitrogens with one attached hydrogen (secondary N) is 1. The molecule has 3 heteroatoms. The van der Waals surface area contributed by atoms with Gasteiger partial charge in [0, 0.05) is 18.7 Å². The highest BCUT2D eigenvalue weighted by atomic mass is 19.1. The molecule has 2 nitrogen and oxygen atoms in total. The summed E-state index contributed by atoms with van der Waals surface area (Å²) in [7, 11) is 0. The first-order valence-corrected chi connectivity index (χ1v) is 6.52. The van der Waals surface area contributed by atoms with Crippen LogP contribution in [-0.4, -0.2) is 6.54 Å². The molecule has 1 saturated carbocycles. The molecule has 1 aromatic rings. The van der Waals surface area contributed by atoms with E-state index in [0.717, 1.165) is 6.54 Å². The minimum atomic E-state index is -0.293. The fourth-order valence-corrected chi connectivity index (χ4v) is 2.66. The van der Waals surface area contributed by atoms with Crippen molar-refractivity contribution in [2.24, 2.45) is 5.41 Å². The summed E-state index contributed by atoms with van der Waals surface area (Å²) in [5, 5.41) is 12.0. The maximum atomic E-state index is 13.6. The first-order valence-electron chi connectivity index (χ1n) is 6.52. The van der Waals surface area contributed by atoms with E-state index in [2.05, 4.69) is 12.2 Å². The lowest BCUT2D eigenvalue weighted by Gasteiger charge is -2.23. The average molecular weight is 246 g/mol. The van der Waals surface area contributed by atoms with Crippen LogP contribution in [0, 0.1) is 22.6 Å². The van der Waals surface area contributed by atoms with E-state index in [9.17, 15) is 4.39 Å². The van der Waals surface area contributed by atoms with Gasteiger partial charge in [-0.2, -0.15) is 5.26 Å². The number of hydrogen-bond acceptors (Lipinski definition) is 2. The summed E-state index contributed by atoms with van der Waals surface area (Å²) in [5.74, 6) is -0.293. The highest BCUT2D eigenvalue weighted by Crippen LogP contribution is 2.36. The summed E-state index contributed by atoms with van der Waals surface area (Å²) in [5.41, 5.74) is 1.39. The van der Waals surface area contributed by atoms with Crippen LogP contribution in [0.5, 0.6) is 0 Å². The van der Waals surface area contributed by atoms with Crippen molar-refractivity contribution in [1.29, 1.82) is 5.26 Å². The van der Waals surface area contributed by atoms with Gasteiger partial charge in [0.2, 0.25) is 0 Å². The van der Waals surface area contributed by atoms with E-state index in [0.29, 0.717) is 23.1 Å². The van der Waals surface area contributed by atoms with Crippen LogP contribution in [-0.2, 0) is 6.54 Å². The van der Waals surface area contributed by atoms with Gasteiger partial charge in [0.25, 0.3) is 0 Å². The van der Waals surface area contributed by atoms with E-state index in [1.165, 1.54) is 31.7 Å². The van der Waals surface area contributed by atoms with Crippen molar-refractivity contribution in [1.82, 2.24) is 5.32 Å². The zero-order valence-electron chi connectivity index (χ0n) is 10.8. The highest BCUT2D eigenvalue weighted by Gasteiger charge is 2.27. The maximum Gasteiger partial charge on any atom is 0.129 e. The number of nitrogens with zero attached hydrogens (tertiary/aromatic N) is 1. The van der Waals surface area contributed by atoms with Crippen LogP contribution in [0.15, 0.2) is 18.2 Å². The highest BCUT2D eigenvalue weighted by molar-refractivity contribution is 5.32. The lowest BCUT2D eigenvalue weighted by atomic mass is 9.89. The molecule has 1 aromatic carbocycles. The number of benzene rings is 1. The Morgan fingerprint density at radius 3 is 2.72 bits per heavy atom. The van der Waals surface area contributed by atoms with Crippen LogP contribution < -0.4 is 5.32 Å². The Morgan fingerprint density at radius 1 is 1.39 bits per heavy atom. The molecule has 1 aliphatic carbocycles. The predicted octanol–water partition coefficient (Wildman–Crippen LogP) is 3.37. The zero-order valence-corrected chi connectivity index (χ0v) is 10.8. The van der Waals surface area contributed by atoms with Gasteiger partial charge in [-0.25, -0.2) is 4.39 Å². The summed E-state index contributed by atoms with van der Waals surface area (Å²) in [6, 6.07) is 6.60. The van der Waals surface area contributed by atoms with E-state index in [1.807, 2.05) is 6.07 Å². The lowest BCUT2D eigenvalue weighted by molar-refractivity contribution is 0.314. The van der Waals surface area contributed by atoms with Gasteiger partial charge >= 0.3 is 0 Å². The Bertz CT molecular complexity index is 456. The molecule has 0 atom stereocenters. The molecule has 1 N–H and O–H groups in total. The minimum Gasteiger partial charge on any atom is -0.312 e. The number of nitriles is 1. The second-order valence-corrected chi connectivity index (χ2v) is 5.54. The molecule has 0 heterocycles. The molecule has 18 heavy (non-hydrogen) atoms. The topological polar surface area (TPSA) is 35.8 Å². The van der Waals surface area contributed by atoms with Gasteiger partial charge in [0.1, 0.15) is 5.82 Å². The number of halogens is 1. The standard InChI is InChI=1S/C15H19FN2/c1-15(6-2-3-7-15)11-18-10-13-5-4-12(9-17)8-14(13)16/h4-5,8,18H,2-3,6-7,10-11H2,1H3. The quantitative estimate of drug-likeness (QED) is 0.884. The molecular weight excluding hydrogens is 227 g/mol. The monoisotopic (exact) mass is 246 g/mol. The fraction of sp³-hybridized carbons (Fsp3) is 0.533. The molecule has 0 saturated heterocycles. The Morgan fingerprint density at radius 2 is 2.11 bits per heavy atom. The van der Waals surface area contributed by atoms with Crippen LogP contribution >= 0.6 is 0 Å². The Kier molecular flexibility index (Phi) is 3.98. The third kappa shape index (κ3) is 3.08. The summed E-state index contributed by atoms with van der Waals surface area (Å²) >= 11 is 0. The summed E-state index contributed by atoms with van der Waals surface area (Å²) in [6.07, 6.45) is 5.14. The maximum absolute atomic E-state index is 13.6. The molecule has 1 fully saturated rings. The van der Waals surface area contributed by atoms with E-state index in [4.69, 9.17) is 5.26 Å². The molecule has 0 unspecified atom stereocenters. The van der Waals surface area contributed by atoms with E-state index >= 15 is 0 Å². The summed E-state index contributed by atoms with van der Waals surface area (Å²) in [6.45, 7) is 3.77. The largest absolute Gasteiger partial charge is 0.312 e. The van der Waals surface area contributed by atoms with Crippen molar-refractivity contribution in [3.63, 3.8) is 0 Å². The van der Waals surface area contributed by atoms with Gasteiger partial charge in [0.05, 0.1) is 11.6 Å². The van der Waals surface area contributed by atoms with E-state index in [-0.39, 0.29) is 5.82 Å².